The molecule has 2 saturated carbocycles. The normalized spacial score (nSPS) is 29.9. The van der Waals surface area contributed by atoms with Gasteiger partial charge < -0.3 is 41.3 Å². The number of nitrogens with one attached hydrogen (secondary N) is 1. The highest BCUT2D eigenvalue weighted by Gasteiger charge is 2.67. The molecule has 1 aromatic carbocycles. The van der Waals surface area contributed by atoms with Gasteiger partial charge in [0.15, 0.2) is 11.4 Å². The summed E-state index contributed by atoms with van der Waals surface area (Å²) in [5.41, 5.74) is 3.58. The number of phenols is 1. The number of phenolic OH excluding ortho intramolecular Hbond substituents is 1. The minimum atomic E-state index is -2.75. The van der Waals surface area contributed by atoms with Crippen LogP contribution in [0.1, 0.15) is 23.1 Å². The van der Waals surface area contributed by atoms with Gasteiger partial charge in [0, 0.05) is 49.4 Å². The Kier molecular flexibility index (Phi) is 7.98. The number of halogens is 2. The molecule has 220 valence electrons. The number of ketones is 2. The summed E-state index contributed by atoms with van der Waals surface area (Å²) in [7, 11) is 6.64. The number of primary amides is 1. The van der Waals surface area contributed by atoms with Crippen molar-refractivity contribution >= 4 is 28.9 Å². The molecule has 4 rings (SSSR count). The molecule has 40 heavy (non-hydrogen) atoms. The number of amides is 1. The number of nitrogens with two attached hydrogens (primary N) is 1. The summed E-state index contributed by atoms with van der Waals surface area (Å²) in [6.45, 7) is -2.10. The molecule has 13 heteroatoms. The molecule has 11 nitrogen and oxygen atoms in total. The number of likely N-dealkylation sites (N-methyl/N-ethyl adjacent to an activating group) is 1. The Morgan fingerprint density at radius 1 is 1.20 bits per heavy atom. The summed E-state index contributed by atoms with van der Waals surface area (Å²) < 4.78 is 26.1. The lowest BCUT2D eigenvalue weighted by molar-refractivity contribution is -0.184. The van der Waals surface area contributed by atoms with E-state index in [1.54, 1.807) is 39.2 Å². The summed E-state index contributed by atoms with van der Waals surface area (Å²) >= 11 is 0. The fraction of sp³-hybridized carbons (Fsp3) is 0.593. The van der Waals surface area contributed by atoms with Crippen LogP contribution in [0, 0.1) is 17.8 Å². The van der Waals surface area contributed by atoms with Crippen LogP contribution < -0.4 is 16.0 Å². The molecule has 3 aliphatic carbocycles. The zero-order valence-electron chi connectivity index (χ0n) is 22.8. The maximum atomic E-state index is 14.0. The van der Waals surface area contributed by atoms with Crippen molar-refractivity contribution in [3.05, 3.63) is 28.3 Å². The maximum absolute atomic E-state index is 14.0. The van der Waals surface area contributed by atoms with E-state index in [2.05, 4.69) is 5.32 Å². The lowest BCUT2D eigenvalue weighted by Crippen LogP contribution is -2.73. The number of aliphatic hydroxyl groups excluding tert-OH is 2. The highest BCUT2D eigenvalue weighted by atomic mass is 19.1. The van der Waals surface area contributed by atoms with Gasteiger partial charge in [-0.1, -0.05) is 0 Å². The summed E-state index contributed by atoms with van der Waals surface area (Å²) in [5, 5.41) is 48.0. The fourth-order valence-electron chi connectivity index (χ4n) is 6.64. The van der Waals surface area contributed by atoms with Crippen LogP contribution in [0.4, 0.5) is 14.5 Å². The highest BCUT2D eigenvalue weighted by Crippen LogP contribution is 2.53. The molecule has 2 fully saturated rings. The zero-order chi connectivity index (χ0) is 29.8. The molecular weight excluding hydrogens is 530 g/mol. The van der Waals surface area contributed by atoms with Gasteiger partial charge in [0.2, 0.25) is 11.7 Å². The number of anilines is 1. The Morgan fingerprint density at radius 2 is 1.82 bits per heavy atom. The topological polar surface area (TPSA) is 177 Å². The van der Waals surface area contributed by atoms with Crippen LogP contribution in [0.2, 0.25) is 0 Å². The first kappa shape index (κ1) is 29.8. The van der Waals surface area contributed by atoms with Crippen molar-refractivity contribution in [2.24, 2.45) is 23.5 Å². The maximum Gasteiger partial charge on any atom is 0.230 e. The van der Waals surface area contributed by atoms with E-state index in [4.69, 9.17) is 5.73 Å². The van der Waals surface area contributed by atoms with Crippen LogP contribution in [0.15, 0.2) is 11.6 Å². The van der Waals surface area contributed by atoms with E-state index in [0.29, 0.717) is 11.3 Å². The van der Waals surface area contributed by atoms with Crippen LogP contribution >= 0.6 is 0 Å². The number of nitrogens with zero attached hydrogens (tertiary/aromatic N) is 2. The van der Waals surface area contributed by atoms with Gasteiger partial charge in [-0.25, -0.2) is 8.78 Å². The third-order valence-corrected chi connectivity index (χ3v) is 8.58. The molecule has 1 aromatic rings. The van der Waals surface area contributed by atoms with Gasteiger partial charge >= 0.3 is 0 Å². The quantitative estimate of drug-likeness (QED) is 0.227. The number of hydrogen-bond acceptors (Lipinski definition) is 10. The Morgan fingerprint density at radius 3 is 2.35 bits per heavy atom. The number of Topliss-reactive ketones (excluding diaryl/α,β-unsaturated/α-hetero) is 2. The Bertz CT molecular complexity index is 1270. The minimum Gasteiger partial charge on any atom is -0.507 e. The number of rotatable bonds is 8. The van der Waals surface area contributed by atoms with Crippen LogP contribution in [0.25, 0.3) is 5.76 Å². The van der Waals surface area contributed by atoms with Gasteiger partial charge in [-0.2, -0.15) is 0 Å². The van der Waals surface area contributed by atoms with Gasteiger partial charge in [-0.3, -0.25) is 14.4 Å². The third-order valence-electron chi connectivity index (χ3n) is 8.58. The highest BCUT2D eigenvalue weighted by molar-refractivity contribution is 6.25. The molecule has 1 amide bonds. The van der Waals surface area contributed by atoms with E-state index in [-0.39, 0.29) is 36.1 Å². The van der Waals surface area contributed by atoms with Crippen molar-refractivity contribution in [2.75, 3.05) is 46.4 Å². The first-order valence-corrected chi connectivity index (χ1v) is 13.0. The largest absolute Gasteiger partial charge is 0.507 e. The van der Waals surface area contributed by atoms with Gasteiger partial charge in [0.05, 0.1) is 17.7 Å². The summed E-state index contributed by atoms with van der Waals surface area (Å²) in [4.78, 5) is 42.8. The van der Waals surface area contributed by atoms with E-state index in [9.17, 15) is 43.6 Å². The minimum absolute atomic E-state index is 0.00379. The molecule has 0 bridgehead atoms. The number of aliphatic hydroxyl groups is 3. The van der Waals surface area contributed by atoms with Crippen molar-refractivity contribution in [3.8, 4) is 5.75 Å². The fourth-order valence-corrected chi connectivity index (χ4v) is 6.64. The van der Waals surface area contributed by atoms with E-state index >= 15 is 0 Å². The predicted octanol–water partition coefficient (Wildman–Crippen LogP) is -0.408. The van der Waals surface area contributed by atoms with E-state index in [0.717, 1.165) is 0 Å². The number of alkyl halides is 2. The average Bonchev–Trinajstić information content (AvgIpc) is 2.87. The SMILES string of the molecule is CN(C)c1cc(CNC(CF)CF)c(O)c2c1C[C@H]1C[C@H]3[C@H](N(C)C)C(O)C(C(N)=O)C(=O)[C@@]3(O)C(=O)C1=C2O. The van der Waals surface area contributed by atoms with Crippen LogP contribution in [0.5, 0.6) is 5.75 Å². The summed E-state index contributed by atoms with van der Waals surface area (Å²) in [6, 6.07) is -0.457. The predicted molar refractivity (Wildman–Crippen MR) is 141 cm³/mol. The molecule has 0 radical (unpaired) electrons. The number of aromatic hydroxyl groups is 1. The van der Waals surface area contributed by atoms with E-state index in [1.807, 2.05) is 0 Å². The van der Waals surface area contributed by atoms with Crippen molar-refractivity contribution in [1.82, 2.24) is 10.2 Å². The smallest absolute Gasteiger partial charge is 0.230 e. The third kappa shape index (κ3) is 4.35. The molecule has 0 saturated heterocycles. The first-order chi connectivity index (χ1) is 18.7. The number of carbonyl (C=O) groups is 3. The second kappa shape index (κ2) is 10.7. The number of fused-ring (bicyclic) bond motifs is 3. The number of benzene rings is 1. The van der Waals surface area contributed by atoms with Crippen LogP contribution in [-0.4, -0.2) is 108 Å². The van der Waals surface area contributed by atoms with Gasteiger partial charge in [0.1, 0.15) is 30.8 Å². The van der Waals surface area contributed by atoms with Crippen molar-refractivity contribution in [2.45, 2.75) is 43.2 Å². The zero-order valence-corrected chi connectivity index (χ0v) is 22.8. The molecular formula is C27H36F2N4O7. The Balaban J connectivity index is 1.89. The molecule has 7 N–H and O–H groups in total. The monoisotopic (exact) mass is 566 g/mol. The number of carbonyl (C=O) groups excluding carboxylic acids is 3. The van der Waals surface area contributed by atoms with Crippen molar-refractivity contribution < 1.29 is 43.6 Å². The molecule has 3 aliphatic rings. The second-order valence-corrected chi connectivity index (χ2v) is 11.3. The Hall–Kier alpha value is -3.13. The van der Waals surface area contributed by atoms with Gasteiger partial charge in [-0.05, 0) is 44.5 Å². The molecule has 0 aliphatic heterocycles. The molecule has 6 atom stereocenters. The van der Waals surface area contributed by atoms with Crippen LogP contribution in [0.3, 0.4) is 0 Å². The summed E-state index contributed by atoms with van der Waals surface area (Å²) in [5.74, 6) is -8.24. The molecule has 2 unspecified atom stereocenters. The van der Waals surface area contributed by atoms with Crippen molar-refractivity contribution in [1.29, 1.82) is 0 Å². The average molecular weight is 567 g/mol. The van der Waals surface area contributed by atoms with Gasteiger partial charge in [-0.15, -0.1) is 0 Å². The Labute approximate surface area is 230 Å². The van der Waals surface area contributed by atoms with Crippen LogP contribution in [-0.2, 0) is 27.3 Å². The molecule has 0 aromatic heterocycles. The van der Waals surface area contributed by atoms with Crippen molar-refractivity contribution in [3.63, 3.8) is 0 Å². The lowest BCUT2D eigenvalue weighted by Gasteiger charge is -2.53. The number of hydrogen-bond donors (Lipinski definition) is 6. The van der Waals surface area contributed by atoms with E-state index < -0.39 is 83.9 Å². The lowest BCUT2D eigenvalue weighted by atomic mass is 9.54. The standard InChI is InChI=1S/C27H36F2N4O7/c1-32(2)16-7-12(10-31-13(8-28)9-29)21(34)18-14(16)5-11-6-15-20(33(3)4)23(36)19(26(30)39)25(38)27(15,40)24(37)17(11)22(18)35/h7,11,13,15,19-20,23,31,34-36,40H,5-6,8-10H2,1-4H3,(H2,30,39)/t11-,15-,19?,20-,23?,27-/m0/s1. The summed E-state index contributed by atoms with van der Waals surface area (Å²) in [6.07, 6.45) is -1.42. The van der Waals surface area contributed by atoms with Gasteiger partial charge in [0.25, 0.3) is 0 Å². The van der Waals surface area contributed by atoms with E-state index in [1.165, 1.54) is 4.90 Å². The first-order valence-electron chi connectivity index (χ1n) is 13.0. The molecule has 0 spiro atoms. The molecule has 0 heterocycles. The second-order valence-electron chi connectivity index (χ2n) is 11.3.